The molecule has 0 unspecified atom stereocenters. The van der Waals surface area contributed by atoms with Crippen molar-refractivity contribution in [2.24, 2.45) is 5.92 Å². The Bertz CT molecular complexity index is 651. The van der Waals surface area contributed by atoms with Crippen LogP contribution >= 0.6 is 0 Å². The van der Waals surface area contributed by atoms with Crippen LogP contribution in [0.5, 0.6) is 11.5 Å². The van der Waals surface area contributed by atoms with Gasteiger partial charge in [0.2, 0.25) is 0 Å². The fourth-order valence-corrected chi connectivity index (χ4v) is 2.92. The lowest BCUT2D eigenvalue weighted by molar-refractivity contribution is 0.417. The lowest BCUT2D eigenvalue weighted by Crippen LogP contribution is -2.14. The summed E-state index contributed by atoms with van der Waals surface area (Å²) >= 11 is 0. The first-order valence-corrected chi connectivity index (χ1v) is 7.28. The van der Waals surface area contributed by atoms with E-state index < -0.39 is 0 Å². The standard InChI is InChI=1S/C19H18O3/c20-16-7-1-13(2-8-16)19(14-3-9-17(21)10-4-14)15-5-11-18(22)12-6-15/h1-5,7-12,15,19-22H,6H2/t15-/m0/s1. The number of aliphatic hydroxyl groups excluding tert-OH is 1. The molecule has 0 saturated heterocycles. The van der Waals surface area contributed by atoms with Gasteiger partial charge in [0, 0.05) is 5.92 Å². The fraction of sp³-hybridized carbons (Fsp3) is 0.158. The van der Waals surface area contributed by atoms with E-state index in [1.165, 1.54) is 0 Å². The van der Waals surface area contributed by atoms with Gasteiger partial charge in [-0.1, -0.05) is 30.3 Å². The molecule has 3 nitrogen and oxygen atoms in total. The molecule has 2 aromatic carbocycles. The zero-order chi connectivity index (χ0) is 15.5. The summed E-state index contributed by atoms with van der Waals surface area (Å²) < 4.78 is 0. The first kappa shape index (κ1) is 14.3. The maximum absolute atomic E-state index is 9.53. The largest absolute Gasteiger partial charge is 0.508 e. The molecule has 3 heteroatoms. The quantitative estimate of drug-likeness (QED) is 0.793. The summed E-state index contributed by atoms with van der Waals surface area (Å²) in [5, 5.41) is 28.5. The number of phenolic OH excluding ortho intramolecular Hbond substituents is 2. The number of aromatic hydroxyl groups is 2. The molecule has 0 amide bonds. The molecule has 0 bridgehead atoms. The molecule has 1 aliphatic rings. The highest BCUT2D eigenvalue weighted by molar-refractivity contribution is 5.40. The summed E-state index contributed by atoms with van der Waals surface area (Å²) in [4.78, 5) is 0. The smallest absolute Gasteiger partial charge is 0.115 e. The molecule has 0 aliphatic heterocycles. The van der Waals surface area contributed by atoms with Crippen molar-refractivity contribution in [1.29, 1.82) is 0 Å². The van der Waals surface area contributed by atoms with Crippen LogP contribution < -0.4 is 0 Å². The summed E-state index contributed by atoms with van der Waals surface area (Å²) in [7, 11) is 0. The second-order valence-electron chi connectivity index (χ2n) is 5.55. The van der Waals surface area contributed by atoms with Gasteiger partial charge in [-0.15, -0.1) is 0 Å². The number of benzene rings is 2. The zero-order valence-electron chi connectivity index (χ0n) is 12.1. The van der Waals surface area contributed by atoms with E-state index in [1.54, 1.807) is 30.3 Å². The van der Waals surface area contributed by atoms with E-state index in [4.69, 9.17) is 0 Å². The summed E-state index contributed by atoms with van der Waals surface area (Å²) in [5.41, 5.74) is 2.18. The minimum atomic E-state index is 0.0989. The Morgan fingerprint density at radius 3 is 1.68 bits per heavy atom. The number of phenols is 2. The monoisotopic (exact) mass is 294 g/mol. The highest BCUT2D eigenvalue weighted by Gasteiger charge is 2.24. The van der Waals surface area contributed by atoms with Crippen LogP contribution in [0.25, 0.3) is 0 Å². The van der Waals surface area contributed by atoms with Gasteiger partial charge in [-0.3, -0.25) is 0 Å². The third-order valence-corrected chi connectivity index (χ3v) is 4.05. The molecule has 1 aliphatic carbocycles. The molecule has 3 rings (SSSR count). The van der Waals surface area contributed by atoms with Crippen molar-refractivity contribution in [2.45, 2.75) is 12.3 Å². The van der Waals surface area contributed by atoms with Crippen LogP contribution in [-0.4, -0.2) is 15.3 Å². The summed E-state index contributed by atoms with van der Waals surface area (Å²) in [5.74, 6) is 1.09. The van der Waals surface area contributed by atoms with E-state index in [2.05, 4.69) is 0 Å². The highest BCUT2D eigenvalue weighted by atomic mass is 16.3. The first-order valence-electron chi connectivity index (χ1n) is 7.28. The Morgan fingerprint density at radius 2 is 1.27 bits per heavy atom. The van der Waals surface area contributed by atoms with Crippen molar-refractivity contribution in [3.05, 3.63) is 83.6 Å². The lowest BCUT2D eigenvalue weighted by atomic mass is 9.77. The SMILES string of the molecule is OC1=CC[C@@H](C(c2ccc(O)cc2)c2ccc(O)cc2)C=C1. The highest BCUT2D eigenvalue weighted by Crippen LogP contribution is 2.37. The second kappa shape index (κ2) is 5.98. The normalized spacial score (nSPS) is 17.5. The maximum Gasteiger partial charge on any atom is 0.115 e. The van der Waals surface area contributed by atoms with Crippen LogP contribution in [0.2, 0.25) is 0 Å². The summed E-state index contributed by atoms with van der Waals surface area (Å²) in [6.07, 6.45) is 6.30. The van der Waals surface area contributed by atoms with Crippen LogP contribution in [0.15, 0.2) is 72.5 Å². The second-order valence-corrected chi connectivity index (χ2v) is 5.55. The van der Waals surface area contributed by atoms with Crippen molar-refractivity contribution in [1.82, 2.24) is 0 Å². The van der Waals surface area contributed by atoms with Crippen LogP contribution in [0.4, 0.5) is 0 Å². The molecule has 1 atom stereocenters. The van der Waals surface area contributed by atoms with Crippen LogP contribution in [0, 0.1) is 5.92 Å². The summed E-state index contributed by atoms with van der Waals surface area (Å²) in [6.45, 7) is 0. The van der Waals surface area contributed by atoms with Gasteiger partial charge in [-0.2, -0.15) is 0 Å². The lowest BCUT2D eigenvalue weighted by Gasteiger charge is -2.27. The average molecular weight is 294 g/mol. The van der Waals surface area contributed by atoms with Crippen LogP contribution in [-0.2, 0) is 0 Å². The fourth-order valence-electron chi connectivity index (χ4n) is 2.92. The molecule has 0 fully saturated rings. The first-order chi connectivity index (χ1) is 10.6. The molecule has 112 valence electrons. The molecule has 3 N–H and O–H groups in total. The zero-order valence-corrected chi connectivity index (χ0v) is 12.1. The predicted molar refractivity (Wildman–Crippen MR) is 86.0 cm³/mol. The van der Waals surface area contributed by atoms with E-state index in [-0.39, 0.29) is 23.3 Å². The van der Waals surface area contributed by atoms with Gasteiger partial charge >= 0.3 is 0 Å². The molecule has 0 saturated carbocycles. The van der Waals surface area contributed by atoms with Gasteiger partial charge in [-0.25, -0.2) is 0 Å². The number of allylic oxidation sites excluding steroid dienone is 3. The molecule has 0 aromatic heterocycles. The molecule has 0 radical (unpaired) electrons. The van der Waals surface area contributed by atoms with Gasteiger partial charge < -0.3 is 15.3 Å². The van der Waals surface area contributed by atoms with Crippen LogP contribution in [0.1, 0.15) is 23.5 Å². The van der Waals surface area contributed by atoms with Crippen molar-refractivity contribution >= 4 is 0 Å². The van der Waals surface area contributed by atoms with Crippen molar-refractivity contribution in [3.63, 3.8) is 0 Å². The van der Waals surface area contributed by atoms with Crippen molar-refractivity contribution < 1.29 is 15.3 Å². The Kier molecular flexibility index (Phi) is 3.88. The minimum Gasteiger partial charge on any atom is -0.508 e. The molecular formula is C19H18O3. The van der Waals surface area contributed by atoms with E-state index in [0.717, 1.165) is 17.5 Å². The molecule has 0 heterocycles. The van der Waals surface area contributed by atoms with Crippen molar-refractivity contribution in [3.8, 4) is 11.5 Å². The number of aliphatic hydroxyl groups is 1. The molecule has 22 heavy (non-hydrogen) atoms. The number of hydrogen-bond donors (Lipinski definition) is 3. The Balaban J connectivity index is 2.00. The minimum absolute atomic E-state index is 0.0989. The van der Waals surface area contributed by atoms with E-state index >= 15 is 0 Å². The van der Waals surface area contributed by atoms with Gasteiger partial charge in [0.25, 0.3) is 0 Å². The Labute approximate surface area is 129 Å². The third kappa shape index (κ3) is 2.98. The van der Waals surface area contributed by atoms with Gasteiger partial charge in [-0.05, 0) is 59.9 Å². The van der Waals surface area contributed by atoms with Crippen molar-refractivity contribution in [2.75, 3.05) is 0 Å². The summed E-state index contributed by atoms with van der Waals surface area (Å²) in [6, 6.07) is 14.4. The van der Waals surface area contributed by atoms with Gasteiger partial charge in [0.05, 0.1) is 0 Å². The molecule has 2 aromatic rings. The predicted octanol–water partition coefficient (Wildman–Crippen LogP) is 4.25. The van der Waals surface area contributed by atoms with E-state index in [0.29, 0.717) is 5.76 Å². The molecule has 0 spiro atoms. The average Bonchev–Trinajstić information content (AvgIpc) is 2.53. The number of hydrogen-bond acceptors (Lipinski definition) is 3. The van der Waals surface area contributed by atoms with Gasteiger partial charge in [0.15, 0.2) is 0 Å². The maximum atomic E-state index is 9.53. The Morgan fingerprint density at radius 1 is 0.773 bits per heavy atom. The van der Waals surface area contributed by atoms with Gasteiger partial charge in [0.1, 0.15) is 17.3 Å². The third-order valence-electron chi connectivity index (χ3n) is 4.05. The topological polar surface area (TPSA) is 60.7 Å². The van der Waals surface area contributed by atoms with Crippen LogP contribution in [0.3, 0.4) is 0 Å². The Hall–Kier alpha value is -2.68. The van der Waals surface area contributed by atoms with E-state index in [9.17, 15) is 15.3 Å². The number of rotatable bonds is 3. The molecular weight excluding hydrogens is 276 g/mol. The van der Waals surface area contributed by atoms with E-state index in [1.807, 2.05) is 36.4 Å².